The van der Waals surface area contributed by atoms with Gasteiger partial charge in [0.25, 0.3) is 5.91 Å². The van der Waals surface area contributed by atoms with Gasteiger partial charge in [0.15, 0.2) is 0 Å². The third-order valence-corrected chi connectivity index (χ3v) is 9.10. The van der Waals surface area contributed by atoms with Gasteiger partial charge in [0.2, 0.25) is 11.8 Å². The number of fused-ring (bicyclic) bond motifs is 1. The average Bonchev–Trinajstić information content (AvgIpc) is 3.58. The standard InChI is InChI=1S/C31H34BrN3O6/c1-4-15-33(20-9-7-6-8-10-20)28(37)24-25-29(38)35(17-18-36)27(31(25)19-23(32)26(24)41-31)30(39)34(16-5-2)21-11-13-22(40-3)14-12-21/h4-14,23-27,36H,1-2,15-19H2,3H3/t23?,24-,25+,26-,27?,31?/m1/s1. The second-order valence-electron chi connectivity index (χ2n) is 10.4. The maximum Gasteiger partial charge on any atom is 0.253 e. The minimum absolute atomic E-state index is 0.0605. The van der Waals surface area contributed by atoms with Crippen molar-refractivity contribution in [3.05, 3.63) is 79.9 Å². The number of alkyl halides is 1. The molecule has 9 nitrogen and oxygen atoms in total. The van der Waals surface area contributed by atoms with E-state index in [4.69, 9.17) is 9.47 Å². The molecule has 0 saturated carbocycles. The molecule has 0 aromatic heterocycles. The summed E-state index contributed by atoms with van der Waals surface area (Å²) < 4.78 is 11.9. The Hall–Kier alpha value is -3.47. The number of aliphatic hydroxyl groups excluding tert-OH is 1. The van der Waals surface area contributed by atoms with Crippen molar-refractivity contribution >= 4 is 45.0 Å². The number of carbonyl (C=O) groups excluding carboxylic acids is 3. The van der Waals surface area contributed by atoms with Crippen molar-refractivity contribution in [2.24, 2.45) is 11.8 Å². The second-order valence-corrected chi connectivity index (χ2v) is 11.6. The number of nitrogens with zero attached hydrogens (tertiary/aromatic N) is 3. The number of para-hydroxylation sites is 1. The molecule has 2 bridgehead atoms. The van der Waals surface area contributed by atoms with E-state index in [0.29, 0.717) is 23.5 Å². The van der Waals surface area contributed by atoms with Crippen LogP contribution in [0.25, 0.3) is 0 Å². The molecule has 3 amide bonds. The Kier molecular flexibility index (Phi) is 8.35. The predicted molar refractivity (Wildman–Crippen MR) is 159 cm³/mol. The number of carbonyl (C=O) groups is 3. The summed E-state index contributed by atoms with van der Waals surface area (Å²) in [4.78, 5) is 47.1. The average molecular weight is 625 g/mol. The van der Waals surface area contributed by atoms with Crippen LogP contribution < -0.4 is 14.5 Å². The van der Waals surface area contributed by atoms with E-state index >= 15 is 0 Å². The van der Waals surface area contributed by atoms with E-state index in [1.54, 1.807) is 53.3 Å². The summed E-state index contributed by atoms with van der Waals surface area (Å²) in [7, 11) is 1.56. The number of aliphatic hydroxyl groups is 1. The van der Waals surface area contributed by atoms with Gasteiger partial charge in [0, 0.05) is 35.8 Å². The van der Waals surface area contributed by atoms with Crippen molar-refractivity contribution in [1.29, 1.82) is 0 Å². The van der Waals surface area contributed by atoms with E-state index in [0.717, 1.165) is 0 Å². The Labute approximate surface area is 248 Å². The number of halogens is 1. The second kappa shape index (κ2) is 11.8. The van der Waals surface area contributed by atoms with Gasteiger partial charge >= 0.3 is 0 Å². The molecular weight excluding hydrogens is 590 g/mol. The van der Waals surface area contributed by atoms with Crippen LogP contribution in [0.15, 0.2) is 79.9 Å². The third kappa shape index (κ3) is 4.77. The summed E-state index contributed by atoms with van der Waals surface area (Å²) in [6, 6.07) is 15.2. The maximum atomic E-state index is 14.5. The largest absolute Gasteiger partial charge is 0.497 e. The highest BCUT2D eigenvalue weighted by atomic mass is 79.9. The third-order valence-electron chi connectivity index (χ3n) is 8.26. The SMILES string of the molecule is C=CCN(C(=O)C1N(CCO)C(=O)[C@@H]2[C@@H](C(=O)N(CC=C)c3ccccc3)[C@@H]3OC12CC3Br)c1ccc(OC)cc1. The monoisotopic (exact) mass is 623 g/mol. The lowest BCUT2D eigenvalue weighted by Gasteiger charge is -2.37. The number of rotatable bonds is 11. The smallest absolute Gasteiger partial charge is 0.253 e. The van der Waals surface area contributed by atoms with E-state index in [1.165, 1.54) is 4.90 Å². The first-order valence-electron chi connectivity index (χ1n) is 13.6. The highest BCUT2D eigenvalue weighted by Crippen LogP contribution is 2.60. The zero-order chi connectivity index (χ0) is 29.3. The normalized spacial score (nSPS) is 27.8. The summed E-state index contributed by atoms with van der Waals surface area (Å²) in [5.74, 6) is -2.06. The van der Waals surface area contributed by atoms with Crippen molar-refractivity contribution < 1.29 is 29.0 Å². The molecule has 1 N–H and O–H groups in total. The first-order valence-corrected chi connectivity index (χ1v) is 14.5. The van der Waals surface area contributed by atoms with Gasteiger partial charge in [-0.3, -0.25) is 14.4 Å². The lowest BCUT2D eigenvalue weighted by molar-refractivity contribution is -0.141. The molecule has 41 heavy (non-hydrogen) atoms. The van der Waals surface area contributed by atoms with Crippen molar-refractivity contribution in [3.8, 4) is 5.75 Å². The fourth-order valence-corrected chi connectivity index (χ4v) is 7.58. The molecule has 216 valence electrons. The lowest BCUT2D eigenvalue weighted by Crippen LogP contribution is -2.57. The van der Waals surface area contributed by atoms with Crippen molar-refractivity contribution in [2.75, 3.05) is 43.2 Å². The molecule has 3 fully saturated rings. The van der Waals surface area contributed by atoms with Gasteiger partial charge in [-0.25, -0.2) is 0 Å². The minimum Gasteiger partial charge on any atom is -0.497 e. The quantitative estimate of drug-likeness (QED) is 0.305. The predicted octanol–water partition coefficient (Wildman–Crippen LogP) is 3.17. The van der Waals surface area contributed by atoms with Gasteiger partial charge in [-0.2, -0.15) is 0 Å². The Bertz CT molecular complexity index is 1320. The number of benzene rings is 2. The molecule has 3 aliphatic rings. The molecule has 1 spiro atoms. The molecule has 3 heterocycles. The van der Waals surface area contributed by atoms with Crippen LogP contribution in [0, 0.1) is 11.8 Å². The zero-order valence-electron chi connectivity index (χ0n) is 22.9. The van der Waals surface area contributed by atoms with Crippen LogP contribution in [0.2, 0.25) is 0 Å². The van der Waals surface area contributed by atoms with E-state index in [9.17, 15) is 19.5 Å². The Morgan fingerprint density at radius 1 is 1.07 bits per heavy atom. The Balaban J connectivity index is 1.56. The number of hydrogen-bond donors (Lipinski definition) is 1. The van der Waals surface area contributed by atoms with Crippen LogP contribution in [0.1, 0.15) is 6.42 Å². The molecule has 0 aliphatic carbocycles. The summed E-state index contributed by atoms with van der Waals surface area (Å²) in [6.45, 7) is 7.69. The Morgan fingerprint density at radius 3 is 2.27 bits per heavy atom. The van der Waals surface area contributed by atoms with Gasteiger partial charge in [-0.15, -0.1) is 13.2 Å². The molecular formula is C31H34BrN3O6. The number of ether oxygens (including phenoxy) is 2. The van der Waals surface area contributed by atoms with Crippen LogP contribution in [-0.4, -0.2) is 83.7 Å². The van der Waals surface area contributed by atoms with Crippen LogP contribution in [0.5, 0.6) is 5.75 Å². The number of likely N-dealkylation sites (tertiary alicyclic amines) is 1. The lowest BCUT2D eigenvalue weighted by atomic mass is 9.70. The zero-order valence-corrected chi connectivity index (χ0v) is 24.5. The molecule has 0 radical (unpaired) electrons. The first-order chi connectivity index (χ1) is 19.8. The van der Waals surface area contributed by atoms with E-state index in [-0.39, 0.29) is 48.8 Å². The molecule has 3 saturated heterocycles. The topological polar surface area (TPSA) is 99.6 Å². The van der Waals surface area contributed by atoms with Crippen LogP contribution in [-0.2, 0) is 19.1 Å². The molecule has 2 aromatic rings. The summed E-state index contributed by atoms with van der Waals surface area (Å²) in [5, 5.41) is 9.94. The first kappa shape index (κ1) is 29.0. The molecule has 3 unspecified atom stereocenters. The highest BCUT2D eigenvalue weighted by Gasteiger charge is 2.77. The van der Waals surface area contributed by atoms with Crippen LogP contribution in [0.4, 0.5) is 11.4 Å². The number of methoxy groups -OCH3 is 1. The molecule has 6 atom stereocenters. The molecule has 5 rings (SSSR count). The van der Waals surface area contributed by atoms with Gasteiger partial charge < -0.3 is 29.3 Å². The number of anilines is 2. The highest BCUT2D eigenvalue weighted by molar-refractivity contribution is 9.09. The molecule has 10 heteroatoms. The molecule has 3 aliphatic heterocycles. The van der Waals surface area contributed by atoms with Gasteiger partial charge in [-0.1, -0.05) is 46.3 Å². The fraction of sp³-hybridized carbons (Fsp3) is 0.387. The number of hydrogen-bond acceptors (Lipinski definition) is 6. The van der Waals surface area contributed by atoms with E-state index in [1.807, 2.05) is 30.3 Å². The number of amides is 3. The van der Waals surface area contributed by atoms with Crippen molar-refractivity contribution in [2.45, 2.75) is 29.0 Å². The fourth-order valence-electron chi connectivity index (χ4n) is 6.64. The van der Waals surface area contributed by atoms with Gasteiger partial charge in [-0.05, 0) is 42.8 Å². The minimum atomic E-state index is -1.25. The van der Waals surface area contributed by atoms with Crippen molar-refractivity contribution in [3.63, 3.8) is 0 Å². The summed E-state index contributed by atoms with van der Waals surface area (Å²) in [6.07, 6.45) is 3.02. The molecule has 2 aromatic carbocycles. The van der Waals surface area contributed by atoms with Crippen molar-refractivity contribution in [1.82, 2.24) is 4.90 Å². The summed E-state index contributed by atoms with van der Waals surface area (Å²) >= 11 is 3.71. The van der Waals surface area contributed by atoms with E-state index < -0.39 is 29.6 Å². The van der Waals surface area contributed by atoms with Gasteiger partial charge in [0.1, 0.15) is 17.4 Å². The number of β-amino-alcohol motifs (C(OH)–C–C–N with tert-alkyl or cyclic N) is 1. The van der Waals surface area contributed by atoms with Gasteiger partial charge in [0.05, 0.1) is 31.7 Å². The maximum absolute atomic E-state index is 14.5. The van der Waals surface area contributed by atoms with Crippen LogP contribution in [0.3, 0.4) is 0 Å². The van der Waals surface area contributed by atoms with Crippen LogP contribution >= 0.6 is 15.9 Å². The van der Waals surface area contributed by atoms with E-state index in [2.05, 4.69) is 29.1 Å². The Morgan fingerprint density at radius 2 is 1.68 bits per heavy atom. The summed E-state index contributed by atoms with van der Waals surface area (Å²) in [5.41, 5.74) is 0.0383.